The normalized spacial score (nSPS) is 18.2. The second-order valence-corrected chi connectivity index (χ2v) is 6.37. The van der Waals surface area contributed by atoms with Crippen LogP contribution in [-0.2, 0) is 22.2 Å². The fourth-order valence-corrected chi connectivity index (χ4v) is 3.03. The maximum absolute atomic E-state index is 13.2. The smallest absolute Gasteiger partial charge is 0.382 e. The second kappa shape index (κ2) is 9.89. The number of guanidine groups is 1. The van der Waals surface area contributed by atoms with E-state index in [-0.39, 0.29) is 12.1 Å². The zero-order valence-corrected chi connectivity index (χ0v) is 15.5. The van der Waals surface area contributed by atoms with Crippen LogP contribution in [0.2, 0.25) is 0 Å². The fraction of sp³-hybridized carbons (Fsp3) is 0.611. The molecule has 1 aromatic rings. The van der Waals surface area contributed by atoms with Gasteiger partial charge in [0.15, 0.2) is 5.96 Å². The number of nitrogens with zero attached hydrogens (tertiary/aromatic N) is 2. The van der Waals surface area contributed by atoms with Crippen molar-refractivity contribution in [3.8, 4) is 0 Å². The Hall–Kier alpha value is -1.87. The van der Waals surface area contributed by atoms with E-state index in [4.69, 9.17) is 9.47 Å². The molecule has 0 bridgehead atoms. The number of alkyl halides is 3. The molecule has 1 heterocycles. The molecule has 0 spiro atoms. The van der Waals surface area contributed by atoms with Crippen LogP contribution >= 0.6 is 0 Å². The van der Waals surface area contributed by atoms with E-state index < -0.39 is 17.6 Å². The summed E-state index contributed by atoms with van der Waals surface area (Å²) in [5.74, 6) is -0.0601. The van der Waals surface area contributed by atoms with E-state index in [0.717, 1.165) is 25.1 Å². The van der Waals surface area contributed by atoms with Crippen LogP contribution in [0.1, 0.15) is 17.5 Å². The third kappa shape index (κ3) is 6.35. The van der Waals surface area contributed by atoms with Crippen molar-refractivity contribution in [2.24, 2.45) is 10.9 Å². The monoisotopic (exact) mass is 391 g/mol. The lowest BCUT2D eigenvalue weighted by Crippen LogP contribution is -2.40. The van der Waals surface area contributed by atoms with Gasteiger partial charge in [-0.15, -0.1) is 0 Å². The maximum atomic E-state index is 13.2. The molecule has 27 heavy (non-hydrogen) atoms. The Morgan fingerprint density at radius 2 is 2.11 bits per heavy atom. The molecule has 1 N–H and O–H groups in total. The van der Waals surface area contributed by atoms with E-state index >= 15 is 0 Å². The Bertz CT molecular complexity index is 638. The number of hydrogen-bond acceptors (Lipinski definition) is 3. The highest BCUT2D eigenvalue weighted by Gasteiger charge is 2.34. The number of methoxy groups -OCH3 is 1. The first-order chi connectivity index (χ1) is 12.8. The predicted octanol–water partition coefficient (Wildman–Crippen LogP) is 2.90. The number of benzene rings is 1. The molecule has 1 saturated heterocycles. The molecule has 1 aliphatic rings. The van der Waals surface area contributed by atoms with Crippen LogP contribution in [0.4, 0.5) is 17.6 Å². The second-order valence-electron chi connectivity index (χ2n) is 6.37. The molecular weight excluding hydrogens is 366 g/mol. The van der Waals surface area contributed by atoms with Crippen molar-refractivity contribution in [2.45, 2.75) is 19.1 Å². The van der Waals surface area contributed by atoms with Crippen molar-refractivity contribution in [2.75, 3.05) is 47.1 Å². The van der Waals surface area contributed by atoms with E-state index in [1.807, 2.05) is 4.90 Å². The van der Waals surface area contributed by atoms with Gasteiger partial charge >= 0.3 is 6.18 Å². The minimum absolute atomic E-state index is 0.0244. The van der Waals surface area contributed by atoms with E-state index in [1.165, 1.54) is 0 Å². The van der Waals surface area contributed by atoms with Gasteiger partial charge in [0.2, 0.25) is 0 Å². The van der Waals surface area contributed by atoms with Crippen LogP contribution in [0.15, 0.2) is 23.2 Å². The van der Waals surface area contributed by atoms with Crippen LogP contribution in [0.3, 0.4) is 0 Å². The Kier molecular flexibility index (Phi) is 7.85. The Balaban J connectivity index is 1.92. The summed E-state index contributed by atoms with van der Waals surface area (Å²) < 4.78 is 63.0. The first-order valence-corrected chi connectivity index (χ1v) is 8.73. The summed E-state index contributed by atoms with van der Waals surface area (Å²) in [6.45, 7) is 3.04. The van der Waals surface area contributed by atoms with Crippen molar-refractivity contribution in [3.05, 3.63) is 35.1 Å². The topological polar surface area (TPSA) is 46.1 Å². The summed E-state index contributed by atoms with van der Waals surface area (Å²) >= 11 is 0. The fourth-order valence-electron chi connectivity index (χ4n) is 3.03. The van der Waals surface area contributed by atoms with E-state index in [2.05, 4.69) is 10.3 Å². The SMILES string of the molecule is CN=C(NCc1ccc(F)cc1C(F)(F)F)N1CCC(COCCOC)C1. The minimum atomic E-state index is -4.61. The van der Waals surface area contributed by atoms with Crippen LogP contribution in [-0.4, -0.2) is 57.9 Å². The first kappa shape index (κ1) is 21.4. The molecule has 9 heteroatoms. The number of nitrogens with one attached hydrogen (secondary N) is 1. The molecule has 0 radical (unpaired) electrons. The van der Waals surface area contributed by atoms with Gasteiger partial charge in [-0.2, -0.15) is 13.2 Å². The predicted molar refractivity (Wildman–Crippen MR) is 94.0 cm³/mol. The Labute approximate surface area is 156 Å². The molecule has 2 rings (SSSR count). The van der Waals surface area contributed by atoms with Crippen LogP contribution in [0.5, 0.6) is 0 Å². The van der Waals surface area contributed by atoms with Crippen LogP contribution in [0, 0.1) is 11.7 Å². The summed E-state index contributed by atoms with van der Waals surface area (Å²) in [4.78, 5) is 6.14. The number of likely N-dealkylation sites (tertiary alicyclic amines) is 1. The summed E-state index contributed by atoms with van der Waals surface area (Å²) in [5, 5.41) is 2.95. The van der Waals surface area contributed by atoms with Gasteiger partial charge in [0.05, 0.1) is 25.4 Å². The quantitative estimate of drug-likeness (QED) is 0.336. The summed E-state index contributed by atoms with van der Waals surface area (Å²) in [6, 6.07) is 2.69. The number of hydrogen-bond donors (Lipinski definition) is 1. The third-order valence-corrected chi connectivity index (χ3v) is 4.40. The van der Waals surface area contributed by atoms with Crippen molar-refractivity contribution < 1.29 is 27.0 Å². The molecule has 1 unspecified atom stereocenters. The zero-order valence-electron chi connectivity index (χ0n) is 15.5. The molecule has 0 aliphatic carbocycles. The molecule has 1 atom stereocenters. The average Bonchev–Trinajstić information content (AvgIpc) is 3.08. The molecule has 1 fully saturated rings. The van der Waals surface area contributed by atoms with Gasteiger partial charge in [0.25, 0.3) is 0 Å². The lowest BCUT2D eigenvalue weighted by Gasteiger charge is -2.22. The standard InChI is InChI=1S/C18H25F4N3O2/c1-23-17(25-6-5-13(11-25)12-27-8-7-26-2)24-10-14-3-4-15(19)9-16(14)18(20,21)22/h3-4,9,13H,5-8,10-12H2,1-2H3,(H,23,24). The summed E-state index contributed by atoms with van der Waals surface area (Å²) in [6.07, 6.45) is -3.70. The lowest BCUT2D eigenvalue weighted by atomic mass is 10.1. The Morgan fingerprint density at radius 3 is 2.78 bits per heavy atom. The van der Waals surface area contributed by atoms with Crippen LogP contribution < -0.4 is 5.32 Å². The molecular formula is C18H25F4N3O2. The molecule has 0 saturated carbocycles. The molecule has 5 nitrogen and oxygen atoms in total. The largest absolute Gasteiger partial charge is 0.416 e. The van der Waals surface area contributed by atoms with E-state index in [9.17, 15) is 17.6 Å². The Morgan fingerprint density at radius 1 is 1.33 bits per heavy atom. The highest BCUT2D eigenvalue weighted by atomic mass is 19.4. The van der Waals surface area contributed by atoms with E-state index in [1.54, 1.807) is 14.2 Å². The van der Waals surface area contributed by atoms with Crippen molar-refractivity contribution in [3.63, 3.8) is 0 Å². The molecule has 1 aliphatic heterocycles. The number of halogens is 4. The highest BCUT2D eigenvalue weighted by Crippen LogP contribution is 2.32. The number of aliphatic imine (C=N–C) groups is 1. The maximum Gasteiger partial charge on any atom is 0.416 e. The van der Waals surface area contributed by atoms with Gasteiger partial charge in [-0.05, 0) is 24.1 Å². The first-order valence-electron chi connectivity index (χ1n) is 8.73. The molecule has 0 amide bonds. The zero-order chi connectivity index (χ0) is 19.9. The summed E-state index contributed by atoms with van der Waals surface area (Å²) in [5.41, 5.74) is -1.00. The van der Waals surface area contributed by atoms with Crippen molar-refractivity contribution in [1.29, 1.82) is 0 Å². The molecule has 0 aromatic heterocycles. The van der Waals surface area contributed by atoms with E-state index in [0.29, 0.717) is 44.3 Å². The average molecular weight is 391 g/mol. The van der Waals surface area contributed by atoms with Gasteiger partial charge in [-0.1, -0.05) is 6.07 Å². The third-order valence-electron chi connectivity index (χ3n) is 4.40. The molecule has 152 valence electrons. The minimum Gasteiger partial charge on any atom is -0.382 e. The van der Waals surface area contributed by atoms with Gasteiger partial charge in [-0.3, -0.25) is 4.99 Å². The lowest BCUT2D eigenvalue weighted by molar-refractivity contribution is -0.138. The highest BCUT2D eigenvalue weighted by molar-refractivity contribution is 5.80. The van der Waals surface area contributed by atoms with Crippen LogP contribution in [0.25, 0.3) is 0 Å². The summed E-state index contributed by atoms with van der Waals surface area (Å²) in [7, 11) is 3.20. The number of ether oxygens (including phenoxy) is 2. The van der Waals surface area contributed by atoms with Gasteiger partial charge in [-0.25, -0.2) is 4.39 Å². The van der Waals surface area contributed by atoms with Gasteiger partial charge in [0, 0.05) is 39.7 Å². The van der Waals surface area contributed by atoms with Gasteiger partial charge in [0.1, 0.15) is 5.82 Å². The van der Waals surface area contributed by atoms with Crippen molar-refractivity contribution in [1.82, 2.24) is 10.2 Å². The van der Waals surface area contributed by atoms with Crippen molar-refractivity contribution >= 4 is 5.96 Å². The van der Waals surface area contributed by atoms with Gasteiger partial charge < -0.3 is 19.7 Å². The number of rotatable bonds is 7. The molecule has 1 aromatic carbocycles.